The second kappa shape index (κ2) is 9.71. The highest BCUT2D eigenvalue weighted by Crippen LogP contribution is 2.25. The van der Waals surface area contributed by atoms with Crippen LogP contribution in [0, 0.1) is 0 Å². The zero-order chi connectivity index (χ0) is 19.1. The highest BCUT2D eigenvalue weighted by Gasteiger charge is 2.26. The summed E-state index contributed by atoms with van der Waals surface area (Å²) in [6.07, 6.45) is 4.14. The molecule has 0 unspecified atom stereocenters. The lowest BCUT2D eigenvalue weighted by molar-refractivity contribution is -0.139. The van der Waals surface area contributed by atoms with Crippen LogP contribution in [0.2, 0.25) is 0 Å². The third kappa shape index (κ3) is 5.43. The van der Waals surface area contributed by atoms with Crippen LogP contribution in [0.15, 0.2) is 24.3 Å². The predicted molar refractivity (Wildman–Crippen MR) is 102 cm³/mol. The number of benzene rings is 1. The van der Waals surface area contributed by atoms with Gasteiger partial charge in [0.15, 0.2) is 0 Å². The van der Waals surface area contributed by atoms with E-state index < -0.39 is 11.8 Å². The van der Waals surface area contributed by atoms with E-state index in [0.717, 1.165) is 50.1 Å². The van der Waals surface area contributed by atoms with Crippen molar-refractivity contribution in [3.63, 3.8) is 0 Å². The highest BCUT2D eigenvalue weighted by molar-refractivity contribution is 6.35. The molecule has 1 aliphatic carbocycles. The van der Waals surface area contributed by atoms with Gasteiger partial charge in [0.2, 0.25) is 0 Å². The third-order valence-corrected chi connectivity index (χ3v) is 5.32. The second-order valence-corrected chi connectivity index (χ2v) is 7.11. The largest absolute Gasteiger partial charge is 0.497 e. The lowest BCUT2D eigenvalue weighted by Gasteiger charge is -2.35. The van der Waals surface area contributed by atoms with E-state index >= 15 is 0 Å². The number of hydrogen-bond donors (Lipinski definition) is 2. The summed E-state index contributed by atoms with van der Waals surface area (Å²) in [6.45, 7) is 3.26. The van der Waals surface area contributed by atoms with Gasteiger partial charge in [0, 0.05) is 25.7 Å². The van der Waals surface area contributed by atoms with Crippen molar-refractivity contribution in [2.75, 3.05) is 40.0 Å². The van der Waals surface area contributed by atoms with Gasteiger partial charge in [-0.05, 0) is 30.5 Å². The Hall–Kier alpha value is -2.12. The summed E-state index contributed by atoms with van der Waals surface area (Å²) in [5, 5.41) is 5.65. The molecule has 1 heterocycles. The van der Waals surface area contributed by atoms with E-state index in [1.54, 1.807) is 7.11 Å². The van der Waals surface area contributed by atoms with Crippen LogP contribution < -0.4 is 15.4 Å². The van der Waals surface area contributed by atoms with Crippen molar-refractivity contribution >= 4 is 11.8 Å². The quantitative estimate of drug-likeness (QED) is 0.732. The number of ether oxygens (including phenoxy) is 2. The van der Waals surface area contributed by atoms with Gasteiger partial charge in [-0.25, -0.2) is 0 Å². The van der Waals surface area contributed by atoms with E-state index in [0.29, 0.717) is 19.8 Å². The predicted octanol–water partition coefficient (Wildman–Crippen LogP) is 1.24. The van der Waals surface area contributed by atoms with Crippen LogP contribution in [0.25, 0.3) is 0 Å². The lowest BCUT2D eigenvalue weighted by Crippen LogP contribution is -2.48. The van der Waals surface area contributed by atoms with Gasteiger partial charge in [-0.2, -0.15) is 0 Å². The second-order valence-electron chi connectivity index (χ2n) is 7.11. The van der Waals surface area contributed by atoms with E-state index in [1.165, 1.54) is 0 Å². The maximum atomic E-state index is 12.3. The fourth-order valence-corrected chi connectivity index (χ4v) is 3.79. The molecular weight excluding hydrogens is 346 g/mol. The average Bonchev–Trinajstić information content (AvgIpc) is 3.22. The normalized spacial score (nSPS) is 19.4. The molecule has 1 saturated carbocycles. The first-order chi connectivity index (χ1) is 13.2. The maximum Gasteiger partial charge on any atom is 0.309 e. The van der Waals surface area contributed by atoms with E-state index in [2.05, 4.69) is 15.5 Å². The Morgan fingerprint density at radius 2 is 1.96 bits per heavy atom. The molecule has 0 aromatic heterocycles. The summed E-state index contributed by atoms with van der Waals surface area (Å²) < 4.78 is 10.8. The summed E-state index contributed by atoms with van der Waals surface area (Å²) >= 11 is 0. The average molecular weight is 375 g/mol. The molecule has 0 spiro atoms. The number of carbonyl (C=O) groups is 2. The number of hydrogen-bond acceptors (Lipinski definition) is 5. The first kappa shape index (κ1) is 19.6. The van der Waals surface area contributed by atoms with Gasteiger partial charge >= 0.3 is 11.8 Å². The van der Waals surface area contributed by atoms with Crippen LogP contribution in [0.4, 0.5) is 0 Å². The molecule has 0 bridgehead atoms. The first-order valence-corrected chi connectivity index (χ1v) is 9.72. The Balaban J connectivity index is 1.63. The number of nitrogens with zero attached hydrogens (tertiary/aromatic N) is 1. The molecule has 7 nitrogen and oxygen atoms in total. The minimum atomic E-state index is -0.567. The number of amides is 2. The van der Waals surface area contributed by atoms with E-state index in [9.17, 15) is 9.59 Å². The number of carbonyl (C=O) groups excluding carboxylic acids is 2. The van der Waals surface area contributed by atoms with Crippen molar-refractivity contribution in [2.24, 2.45) is 0 Å². The fraction of sp³-hybridized carbons (Fsp3) is 0.600. The molecular formula is C20H29N3O4. The molecule has 3 rings (SSSR count). The molecule has 0 radical (unpaired) electrons. The first-order valence-electron chi connectivity index (χ1n) is 9.72. The monoisotopic (exact) mass is 375 g/mol. The molecule has 27 heavy (non-hydrogen) atoms. The van der Waals surface area contributed by atoms with Gasteiger partial charge in [0.05, 0.1) is 26.4 Å². The number of morpholine rings is 1. The van der Waals surface area contributed by atoms with Gasteiger partial charge in [-0.15, -0.1) is 0 Å². The molecule has 1 aromatic carbocycles. The smallest absolute Gasteiger partial charge is 0.309 e. The van der Waals surface area contributed by atoms with Gasteiger partial charge in [-0.1, -0.05) is 25.0 Å². The lowest BCUT2D eigenvalue weighted by atomic mass is 10.0. The Kier molecular flexibility index (Phi) is 7.06. The fourth-order valence-electron chi connectivity index (χ4n) is 3.79. The van der Waals surface area contributed by atoms with Crippen molar-refractivity contribution in [3.05, 3.63) is 29.8 Å². The Morgan fingerprint density at radius 3 is 2.67 bits per heavy atom. The molecule has 7 heteroatoms. The van der Waals surface area contributed by atoms with Crippen LogP contribution in [-0.2, 0) is 14.3 Å². The zero-order valence-corrected chi connectivity index (χ0v) is 15.9. The molecule has 1 aliphatic heterocycles. The van der Waals surface area contributed by atoms with Gasteiger partial charge in [0.25, 0.3) is 0 Å². The van der Waals surface area contributed by atoms with Crippen molar-refractivity contribution < 1.29 is 19.1 Å². The Bertz CT molecular complexity index is 640. The molecule has 1 saturated heterocycles. The Morgan fingerprint density at radius 1 is 1.22 bits per heavy atom. The molecule has 148 valence electrons. The van der Waals surface area contributed by atoms with Crippen molar-refractivity contribution in [2.45, 2.75) is 37.8 Å². The molecule has 1 aromatic rings. The van der Waals surface area contributed by atoms with Crippen LogP contribution in [0.5, 0.6) is 5.75 Å². The van der Waals surface area contributed by atoms with Crippen LogP contribution in [0.1, 0.15) is 37.3 Å². The van der Waals surface area contributed by atoms with Crippen LogP contribution in [-0.4, -0.2) is 62.7 Å². The van der Waals surface area contributed by atoms with E-state index in [4.69, 9.17) is 9.47 Å². The standard InChI is InChI=1S/C20H29N3O4/c1-26-17-8-4-5-15(13-17)18(23-9-11-27-12-10-23)14-21-19(24)20(25)22-16-6-2-3-7-16/h4-5,8,13,16,18H,2-3,6-7,9-12,14H2,1H3,(H,21,24)(H,22,25)/t18-/m0/s1. The number of nitrogens with one attached hydrogen (secondary N) is 2. The third-order valence-electron chi connectivity index (χ3n) is 5.32. The van der Waals surface area contributed by atoms with E-state index in [1.807, 2.05) is 24.3 Å². The van der Waals surface area contributed by atoms with Gasteiger partial charge < -0.3 is 20.1 Å². The van der Waals surface area contributed by atoms with Crippen molar-refractivity contribution in [1.82, 2.24) is 15.5 Å². The highest BCUT2D eigenvalue weighted by atomic mass is 16.5. The van der Waals surface area contributed by atoms with Gasteiger partial charge in [0.1, 0.15) is 5.75 Å². The summed E-state index contributed by atoms with van der Waals surface area (Å²) in [5.41, 5.74) is 1.05. The molecule has 2 amide bonds. The van der Waals surface area contributed by atoms with E-state index in [-0.39, 0.29) is 12.1 Å². The van der Waals surface area contributed by atoms with Crippen molar-refractivity contribution in [3.8, 4) is 5.75 Å². The summed E-state index contributed by atoms with van der Waals surface area (Å²) in [4.78, 5) is 26.7. The summed E-state index contributed by atoms with van der Waals surface area (Å²) in [6, 6.07) is 7.94. The van der Waals surface area contributed by atoms with Gasteiger partial charge in [-0.3, -0.25) is 14.5 Å². The molecule has 1 atom stereocenters. The van der Waals surface area contributed by atoms with Crippen molar-refractivity contribution in [1.29, 1.82) is 0 Å². The van der Waals surface area contributed by atoms with Crippen LogP contribution in [0.3, 0.4) is 0 Å². The minimum absolute atomic E-state index is 0.0350. The molecule has 2 fully saturated rings. The topological polar surface area (TPSA) is 79.9 Å². The maximum absolute atomic E-state index is 12.3. The van der Waals surface area contributed by atoms with Crippen LogP contribution >= 0.6 is 0 Å². The number of rotatable bonds is 6. The summed E-state index contributed by atoms with van der Waals surface area (Å²) in [7, 11) is 1.64. The summed E-state index contributed by atoms with van der Waals surface area (Å²) in [5.74, 6) is -0.326. The molecule has 2 N–H and O–H groups in total. The zero-order valence-electron chi connectivity index (χ0n) is 15.9. The SMILES string of the molecule is COc1cccc([C@H](CNC(=O)C(=O)NC2CCCC2)N2CCOCC2)c1. The Labute approximate surface area is 160 Å². The number of methoxy groups -OCH3 is 1. The molecule has 2 aliphatic rings. The minimum Gasteiger partial charge on any atom is -0.497 e.